The smallest absolute Gasteiger partial charge is 0.159 e. The Morgan fingerprint density at radius 2 is 0.917 bits per heavy atom. The lowest BCUT2D eigenvalue weighted by molar-refractivity contribution is 0.427. The molecule has 0 unspecified atom stereocenters. The zero-order valence-electron chi connectivity index (χ0n) is 42.2. The molecule has 9 aromatic carbocycles. The Morgan fingerprint density at radius 3 is 1.46 bits per heavy atom. The van der Waals surface area contributed by atoms with Crippen LogP contribution in [-0.2, 0) is 6.42 Å². The summed E-state index contributed by atoms with van der Waals surface area (Å²) in [5, 5.41) is 10.4. The van der Waals surface area contributed by atoms with Gasteiger partial charge in [-0.3, -0.25) is 0 Å². The second kappa shape index (κ2) is 18.9. The third-order valence-electron chi connectivity index (χ3n) is 17.1. The van der Waals surface area contributed by atoms with Crippen molar-refractivity contribution in [1.82, 2.24) is 0 Å². The quantitative estimate of drug-likeness (QED) is 0.0901. The largest absolute Gasteiger partial charge is 0.460 e. The molecule has 13 rings (SSSR count). The summed E-state index contributed by atoms with van der Waals surface area (Å²) in [6, 6.07) is 57.6. The molecule has 4 nitrogen and oxygen atoms in total. The van der Waals surface area contributed by atoms with Crippen molar-refractivity contribution in [2.75, 3.05) is 9.80 Å². The average Bonchev–Trinajstić information content (AvgIpc) is 4.12. The molecule has 1 aromatic heterocycles. The molecule has 1 heterocycles. The number of fused-ring (bicyclic) bond motifs is 3. The lowest BCUT2D eigenvalue weighted by Gasteiger charge is -2.34. The predicted octanol–water partition coefficient (Wildman–Crippen LogP) is 20.7. The maximum Gasteiger partial charge on any atom is 0.159 e. The van der Waals surface area contributed by atoms with Gasteiger partial charge in [-0.2, -0.15) is 0 Å². The Hall–Kier alpha value is -7.04. The Labute approximate surface area is 425 Å². The number of nitrogens with zero attached hydrogens (tertiary/aromatic N) is 2. The normalized spacial score (nSPS) is 16.2. The fraction of sp³-hybridized carbons (Fsp3) is 0.294. The van der Waals surface area contributed by atoms with Gasteiger partial charge in [-0.1, -0.05) is 168 Å². The van der Waals surface area contributed by atoms with Gasteiger partial charge in [0, 0.05) is 32.9 Å². The number of anilines is 6. The summed E-state index contributed by atoms with van der Waals surface area (Å²) in [7, 11) is 0. The van der Waals surface area contributed by atoms with Crippen molar-refractivity contribution in [3.63, 3.8) is 0 Å². The topological polar surface area (TPSA) is 28.9 Å². The summed E-state index contributed by atoms with van der Waals surface area (Å²) in [5.74, 6) is 3.03. The minimum Gasteiger partial charge on any atom is -0.460 e. The maximum absolute atomic E-state index is 7.32. The number of ether oxygens (including phenoxy) is 1. The number of benzene rings is 9. The van der Waals surface area contributed by atoms with E-state index in [9.17, 15) is 0 Å². The number of furan rings is 1. The molecule has 0 spiro atoms. The highest BCUT2D eigenvalue weighted by atomic mass is 16.5. The van der Waals surface area contributed by atoms with E-state index in [-0.39, 0.29) is 0 Å². The van der Waals surface area contributed by atoms with Crippen LogP contribution >= 0.6 is 0 Å². The first-order valence-electron chi connectivity index (χ1n) is 27.4. The number of allylic oxidation sites excluding steroid dienone is 1. The molecule has 0 amide bonds. The molecule has 0 N–H and O–H groups in total. The maximum atomic E-state index is 7.32. The number of aryl methyl sites for hydroxylation is 1. The first-order valence-corrected chi connectivity index (χ1v) is 27.4. The van der Waals surface area contributed by atoms with Crippen molar-refractivity contribution in [3.05, 3.63) is 186 Å². The van der Waals surface area contributed by atoms with E-state index in [1.54, 1.807) is 0 Å². The third kappa shape index (κ3) is 7.63. The van der Waals surface area contributed by atoms with Crippen LogP contribution in [0.25, 0.3) is 54.3 Å². The summed E-state index contributed by atoms with van der Waals surface area (Å²) in [5.41, 5.74) is 14.2. The molecule has 0 bridgehead atoms. The van der Waals surface area contributed by atoms with Crippen LogP contribution in [0.5, 0.6) is 5.75 Å². The predicted molar refractivity (Wildman–Crippen MR) is 304 cm³/mol. The molecule has 3 aliphatic rings. The van der Waals surface area contributed by atoms with Crippen molar-refractivity contribution in [3.8, 4) is 5.75 Å². The van der Waals surface area contributed by atoms with Crippen LogP contribution < -0.4 is 14.5 Å². The Morgan fingerprint density at radius 1 is 0.458 bits per heavy atom. The Balaban J connectivity index is 1.14. The zero-order chi connectivity index (χ0) is 48.3. The van der Waals surface area contributed by atoms with E-state index in [1.807, 2.05) is 6.92 Å². The van der Waals surface area contributed by atoms with Gasteiger partial charge in [0.25, 0.3) is 0 Å². The molecular formula is C68H66N2O2. The second-order valence-corrected chi connectivity index (χ2v) is 21.4. The fourth-order valence-corrected chi connectivity index (χ4v) is 13.7. The second-order valence-electron chi connectivity index (χ2n) is 21.4. The van der Waals surface area contributed by atoms with Gasteiger partial charge in [-0.15, -0.1) is 0 Å². The minimum absolute atomic E-state index is 0.464. The number of hydrogen-bond acceptors (Lipinski definition) is 4. The highest BCUT2D eigenvalue weighted by Crippen LogP contribution is 2.55. The van der Waals surface area contributed by atoms with Crippen LogP contribution in [0.4, 0.5) is 34.1 Å². The summed E-state index contributed by atoms with van der Waals surface area (Å²) in [4.78, 5) is 5.05. The Bertz CT molecular complexity index is 3610. The van der Waals surface area contributed by atoms with Crippen LogP contribution in [0.1, 0.15) is 144 Å². The van der Waals surface area contributed by atoms with E-state index < -0.39 is 0 Å². The molecule has 360 valence electrons. The van der Waals surface area contributed by atoms with Crippen LogP contribution in [0.3, 0.4) is 0 Å². The van der Waals surface area contributed by atoms with E-state index in [4.69, 9.17) is 9.15 Å². The van der Waals surface area contributed by atoms with Crippen LogP contribution in [0.15, 0.2) is 168 Å². The van der Waals surface area contributed by atoms with E-state index >= 15 is 0 Å². The van der Waals surface area contributed by atoms with Crippen molar-refractivity contribution in [2.24, 2.45) is 0 Å². The Kier molecular flexibility index (Phi) is 11.7. The first kappa shape index (κ1) is 44.9. The van der Waals surface area contributed by atoms with Gasteiger partial charge < -0.3 is 19.0 Å². The highest BCUT2D eigenvalue weighted by Gasteiger charge is 2.32. The minimum atomic E-state index is 0.464. The molecular weight excluding hydrogens is 877 g/mol. The van der Waals surface area contributed by atoms with Gasteiger partial charge in [-0.25, -0.2) is 0 Å². The molecule has 3 saturated carbocycles. The average molecular weight is 943 g/mol. The monoisotopic (exact) mass is 943 g/mol. The van der Waals surface area contributed by atoms with Gasteiger partial charge in [0.1, 0.15) is 5.58 Å². The fourth-order valence-electron chi connectivity index (χ4n) is 13.7. The van der Waals surface area contributed by atoms with Crippen LogP contribution in [-0.4, -0.2) is 0 Å². The van der Waals surface area contributed by atoms with Crippen molar-refractivity contribution >= 4 is 88.4 Å². The van der Waals surface area contributed by atoms with Gasteiger partial charge in [0.05, 0.1) is 28.5 Å². The third-order valence-corrected chi connectivity index (χ3v) is 17.1. The lowest BCUT2D eigenvalue weighted by atomic mass is 9.77. The summed E-state index contributed by atoms with van der Waals surface area (Å²) < 4.78 is 14.0. The molecule has 3 aliphatic carbocycles. The number of rotatable bonds is 12. The first-order chi connectivity index (χ1) is 35.5. The van der Waals surface area contributed by atoms with E-state index in [0.717, 1.165) is 46.1 Å². The van der Waals surface area contributed by atoms with Crippen LogP contribution in [0, 0.1) is 0 Å². The van der Waals surface area contributed by atoms with E-state index in [1.165, 1.54) is 167 Å². The molecule has 0 aliphatic heterocycles. The summed E-state index contributed by atoms with van der Waals surface area (Å²) in [6.07, 6.45) is 18.4. The van der Waals surface area contributed by atoms with Gasteiger partial charge in [0.15, 0.2) is 11.3 Å². The molecule has 0 atom stereocenters. The zero-order valence-corrected chi connectivity index (χ0v) is 42.2. The lowest BCUT2D eigenvalue weighted by Crippen LogP contribution is -2.15. The summed E-state index contributed by atoms with van der Waals surface area (Å²) >= 11 is 0. The highest BCUT2D eigenvalue weighted by molar-refractivity contribution is 6.30. The molecule has 3 fully saturated rings. The van der Waals surface area contributed by atoms with Crippen molar-refractivity contribution < 1.29 is 9.15 Å². The number of hydrogen-bond donors (Lipinski definition) is 0. The van der Waals surface area contributed by atoms with E-state index in [0.29, 0.717) is 23.5 Å². The van der Waals surface area contributed by atoms with Crippen molar-refractivity contribution in [2.45, 2.75) is 128 Å². The molecule has 0 radical (unpaired) electrons. The standard InChI is InChI=1S/C68H66N2O2/c1-4-45-28-19-36-60(66(45)71-44(2)3)69(49-29-13-7-14-30-49)62-42-58(47-22-9-5-10-23-47)52-39-41-57-63(43-59(48-24-11-6-12-25-48)53-38-40-56(62)64(52)65(53)57)70(50-31-15-8-16-32-50)61-37-21-35-55-54-34-20-33-51(46-26-17-18-27-46)67(54)72-68(55)61/h7-8,13-16,19-21,28-43,46-48H,2,4-6,9-12,17-18,22-27H2,1,3H3. The molecule has 4 heteroatoms. The SMILES string of the molecule is C=C(C)Oc1c(CC)cccc1N(c1ccccc1)c1cc(C2CCCCC2)c2ccc3c(N(c4ccccc4)c4cccc5c4oc4c(C6CCCC6)cccc45)cc(C4CCCCC4)c4ccc1c2c43. The van der Waals surface area contributed by atoms with Gasteiger partial charge >= 0.3 is 0 Å². The van der Waals surface area contributed by atoms with E-state index in [2.05, 4.69) is 175 Å². The summed E-state index contributed by atoms with van der Waals surface area (Å²) in [6.45, 7) is 8.44. The number of para-hydroxylation sites is 5. The van der Waals surface area contributed by atoms with Crippen molar-refractivity contribution in [1.29, 1.82) is 0 Å². The van der Waals surface area contributed by atoms with Gasteiger partial charge in [-0.05, 0) is 162 Å². The van der Waals surface area contributed by atoms with Gasteiger partial charge in [0.2, 0.25) is 0 Å². The van der Waals surface area contributed by atoms with Crippen LogP contribution in [0.2, 0.25) is 0 Å². The molecule has 72 heavy (non-hydrogen) atoms. The molecule has 0 saturated heterocycles. The molecule has 10 aromatic rings.